The molecule has 0 saturated carbocycles. The second kappa shape index (κ2) is 5.73. The van der Waals surface area contributed by atoms with Crippen molar-refractivity contribution in [2.45, 2.75) is 23.1 Å². The molecule has 0 spiro atoms. The molecule has 0 aliphatic rings. The van der Waals surface area contributed by atoms with Crippen LogP contribution in [0.5, 0.6) is 0 Å². The summed E-state index contributed by atoms with van der Waals surface area (Å²) in [6, 6.07) is 3.19. The lowest BCUT2D eigenvalue weighted by molar-refractivity contribution is -0.121. The van der Waals surface area contributed by atoms with Crippen LogP contribution in [-0.4, -0.2) is 25.9 Å². The highest BCUT2D eigenvalue weighted by Gasteiger charge is 2.32. The molecule has 1 rings (SSSR count). The summed E-state index contributed by atoms with van der Waals surface area (Å²) in [5.41, 5.74) is -0.473. The molecule has 0 bridgehead atoms. The normalized spacial score (nSPS) is 11.4. The summed E-state index contributed by atoms with van der Waals surface area (Å²) in [7, 11) is 0. The molecule has 0 atom stereocenters. The molecule has 0 aliphatic carbocycles. The van der Waals surface area contributed by atoms with Crippen LogP contribution in [0.2, 0.25) is 0 Å². The molecule has 1 N–H and O–H groups in total. The number of nitrogens with zero attached hydrogens (tertiary/aromatic N) is 1. The van der Waals surface area contributed by atoms with Crippen LogP contribution in [0.3, 0.4) is 0 Å². The monoisotopic (exact) mass is 362 g/mol. The Balaban J connectivity index is 2.78. The first-order chi connectivity index (χ1) is 7.84. The first kappa shape index (κ1) is 14.3. The summed E-state index contributed by atoms with van der Waals surface area (Å²) in [6.07, 6.45) is 3.06. The van der Waals surface area contributed by atoms with E-state index in [2.05, 4.69) is 42.2 Å². The van der Waals surface area contributed by atoms with Crippen molar-refractivity contribution in [1.82, 2.24) is 10.3 Å². The molecule has 0 fully saturated rings. The highest BCUT2D eigenvalue weighted by molar-refractivity contribution is 9.25. The lowest BCUT2D eigenvalue weighted by atomic mass is 10.00. The molecule has 1 aromatic rings. The standard InChI is InChI=1S/C11H12Br2N2O2/c1-11(2,8(16)9(12)13)15-10(17)7-3-5-14-6-4-7/h3-6,9H,1-2H3,(H,15,17). The third-order valence-electron chi connectivity index (χ3n) is 2.18. The third-order valence-corrected chi connectivity index (χ3v) is 3.01. The van der Waals surface area contributed by atoms with E-state index in [0.717, 1.165) is 0 Å². The predicted octanol–water partition coefficient (Wildman–Crippen LogP) is 2.28. The fourth-order valence-electron chi connectivity index (χ4n) is 1.19. The van der Waals surface area contributed by atoms with E-state index >= 15 is 0 Å². The summed E-state index contributed by atoms with van der Waals surface area (Å²) in [5, 5.41) is 2.68. The Morgan fingerprint density at radius 1 is 1.29 bits per heavy atom. The Labute approximate surface area is 116 Å². The van der Waals surface area contributed by atoms with Gasteiger partial charge >= 0.3 is 0 Å². The Kier molecular flexibility index (Phi) is 4.82. The van der Waals surface area contributed by atoms with Crippen LogP contribution >= 0.6 is 31.9 Å². The van der Waals surface area contributed by atoms with Gasteiger partial charge in [-0.05, 0) is 26.0 Å². The average molecular weight is 364 g/mol. The number of aromatic nitrogens is 1. The number of rotatable bonds is 4. The van der Waals surface area contributed by atoms with E-state index in [9.17, 15) is 9.59 Å². The van der Waals surface area contributed by atoms with Crippen molar-refractivity contribution in [2.24, 2.45) is 0 Å². The second-order valence-electron chi connectivity index (χ2n) is 3.98. The number of ketones is 1. The highest BCUT2D eigenvalue weighted by Crippen LogP contribution is 2.18. The van der Waals surface area contributed by atoms with Crippen LogP contribution in [0.1, 0.15) is 24.2 Å². The smallest absolute Gasteiger partial charge is 0.252 e. The molecule has 92 valence electrons. The molecule has 17 heavy (non-hydrogen) atoms. The summed E-state index contributed by atoms with van der Waals surface area (Å²) in [5.74, 6) is -0.452. The molecule has 1 aromatic heterocycles. The van der Waals surface area contributed by atoms with E-state index in [1.807, 2.05) is 0 Å². The van der Waals surface area contributed by atoms with Crippen molar-refractivity contribution in [3.63, 3.8) is 0 Å². The van der Waals surface area contributed by atoms with Crippen molar-refractivity contribution in [2.75, 3.05) is 0 Å². The molecule has 0 unspecified atom stereocenters. The first-order valence-corrected chi connectivity index (χ1v) is 6.73. The molecular weight excluding hydrogens is 352 g/mol. The van der Waals surface area contributed by atoms with Gasteiger partial charge in [0.25, 0.3) is 5.91 Å². The zero-order chi connectivity index (χ0) is 13.1. The van der Waals surface area contributed by atoms with Crippen LogP contribution in [0.4, 0.5) is 0 Å². The number of pyridine rings is 1. The van der Waals surface area contributed by atoms with E-state index in [1.54, 1.807) is 26.0 Å². The summed E-state index contributed by atoms with van der Waals surface area (Å²) >= 11 is 6.26. The molecule has 1 heterocycles. The van der Waals surface area contributed by atoms with Crippen LogP contribution in [-0.2, 0) is 4.79 Å². The third kappa shape index (κ3) is 3.89. The van der Waals surface area contributed by atoms with Gasteiger partial charge < -0.3 is 5.32 Å². The number of Topliss-reactive ketones (excluding diaryl/α,β-unsaturated/α-hetero) is 1. The Morgan fingerprint density at radius 3 is 2.29 bits per heavy atom. The van der Waals surface area contributed by atoms with Crippen LogP contribution < -0.4 is 5.32 Å². The SMILES string of the molecule is CC(C)(NC(=O)c1ccncc1)C(=O)C(Br)Br. The Hall–Kier alpha value is -0.750. The molecule has 0 aromatic carbocycles. The minimum atomic E-state index is -0.946. The fraction of sp³-hybridized carbons (Fsp3) is 0.364. The summed E-state index contributed by atoms with van der Waals surface area (Å²) in [4.78, 5) is 27.5. The minimum absolute atomic E-state index is 0.153. The molecule has 4 nitrogen and oxygen atoms in total. The number of carbonyl (C=O) groups excluding carboxylic acids is 2. The number of carbonyl (C=O) groups is 2. The topological polar surface area (TPSA) is 59.1 Å². The van der Waals surface area contributed by atoms with Gasteiger partial charge in [0.05, 0.1) is 5.54 Å². The van der Waals surface area contributed by atoms with Crippen molar-refractivity contribution in [3.05, 3.63) is 30.1 Å². The maximum atomic E-state index is 11.9. The van der Waals surface area contributed by atoms with Crippen LogP contribution in [0, 0.1) is 0 Å². The lowest BCUT2D eigenvalue weighted by Gasteiger charge is -2.25. The van der Waals surface area contributed by atoms with Gasteiger partial charge in [-0.3, -0.25) is 14.6 Å². The van der Waals surface area contributed by atoms with Crippen LogP contribution in [0.15, 0.2) is 24.5 Å². The molecule has 6 heteroatoms. The summed E-state index contributed by atoms with van der Waals surface area (Å²) in [6.45, 7) is 3.31. The number of nitrogens with one attached hydrogen (secondary N) is 1. The van der Waals surface area contributed by atoms with Gasteiger partial charge in [0.15, 0.2) is 5.78 Å². The number of alkyl halides is 2. The predicted molar refractivity (Wildman–Crippen MR) is 72.4 cm³/mol. The average Bonchev–Trinajstić information content (AvgIpc) is 2.28. The minimum Gasteiger partial charge on any atom is -0.340 e. The lowest BCUT2D eigenvalue weighted by Crippen LogP contribution is -2.51. The van der Waals surface area contributed by atoms with Gasteiger partial charge in [-0.1, -0.05) is 31.9 Å². The van der Waals surface area contributed by atoms with E-state index in [4.69, 9.17) is 0 Å². The second-order valence-corrected chi connectivity index (χ2v) is 7.04. The first-order valence-electron chi connectivity index (χ1n) is 4.89. The van der Waals surface area contributed by atoms with Gasteiger partial charge in [-0.25, -0.2) is 0 Å². The fourth-order valence-corrected chi connectivity index (χ4v) is 2.34. The van der Waals surface area contributed by atoms with Crippen molar-refractivity contribution >= 4 is 43.6 Å². The largest absolute Gasteiger partial charge is 0.340 e. The van der Waals surface area contributed by atoms with E-state index in [0.29, 0.717) is 5.56 Å². The molecule has 0 radical (unpaired) electrons. The molecular formula is C11H12Br2N2O2. The van der Waals surface area contributed by atoms with Gasteiger partial charge in [-0.15, -0.1) is 0 Å². The Morgan fingerprint density at radius 2 is 1.82 bits per heavy atom. The van der Waals surface area contributed by atoms with Crippen LogP contribution in [0.25, 0.3) is 0 Å². The van der Waals surface area contributed by atoms with Gasteiger partial charge in [0.1, 0.15) is 3.74 Å². The molecule has 1 amide bonds. The zero-order valence-corrected chi connectivity index (χ0v) is 12.6. The summed E-state index contributed by atoms with van der Waals surface area (Å²) < 4.78 is -0.484. The zero-order valence-electron chi connectivity index (χ0n) is 9.41. The number of hydrogen-bond acceptors (Lipinski definition) is 3. The maximum Gasteiger partial charge on any atom is 0.252 e. The highest BCUT2D eigenvalue weighted by atomic mass is 79.9. The van der Waals surface area contributed by atoms with Crippen molar-refractivity contribution < 1.29 is 9.59 Å². The molecule has 0 saturated heterocycles. The van der Waals surface area contributed by atoms with Gasteiger partial charge in [0.2, 0.25) is 0 Å². The van der Waals surface area contributed by atoms with E-state index < -0.39 is 9.28 Å². The Bertz CT molecular complexity index is 419. The molecule has 0 aliphatic heterocycles. The number of hydrogen-bond donors (Lipinski definition) is 1. The number of amides is 1. The van der Waals surface area contributed by atoms with Gasteiger partial charge in [-0.2, -0.15) is 0 Å². The number of halogens is 2. The quantitative estimate of drug-likeness (QED) is 0.835. The van der Waals surface area contributed by atoms with E-state index in [1.165, 1.54) is 12.4 Å². The van der Waals surface area contributed by atoms with Crippen molar-refractivity contribution in [3.8, 4) is 0 Å². The van der Waals surface area contributed by atoms with E-state index in [-0.39, 0.29) is 11.7 Å². The van der Waals surface area contributed by atoms with Crippen molar-refractivity contribution in [1.29, 1.82) is 0 Å². The maximum absolute atomic E-state index is 11.9. The van der Waals surface area contributed by atoms with Gasteiger partial charge in [0, 0.05) is 18.0 Å².